The Hall–Kier alpha value is -1.43. The highest BCUT2D eigenvalue weighted by Gasteiger charge is 2.21. The van der Waals surface area contributed by atoms with Gasteiger partial charge in [-0.05, 0) is 31.5 Å². The van der Waals surface area contributed by atoms with Crippen LogP contribution in [0.3, 0.4) is 0 Å². The van der Waals surface area contributed by atoms with Gasteiger partial charge < -0.3 is 0 Å². The van der Waals surface area contributed by atoms with Gasteiger partial charge in [-0.15, -0.1) is 0 Å². The molecule has 4 nitrogen and oxygen atoms in total. The molecule has 19 heavy (non-hydrogen) atoms. The summed E-state index contributed by atoms with van der Waals surface area (Å²) in [5.41, 5.74) is 4.10. The highest BCUT2D eigenvalue weighted by molar-refractivity contribution is 6.31. The van der Waals surface area contributed by atoms with Gasteiger partial charge in [-0.2, -0.15) is 5.10 Å². The van der Waals surface area contributed by atoms with Crippen molar-refractivity contribution in [1.82, 2.24) is 15.2 Å². The van der Waals surface area contributed by atoms with Gasteiger partial charge in [0.05, 0.1) is 16.8 Å². The highest BCUT2D eigenvalue weighted by atomic mass is 35.5. The normalized spacial score (nSPS) is 12.9. The minimum Gasteiger partial charge on any atom is -0.271 e. The molecule has 0 fully saturated rings. The van der Waals surface area contributed by atoms with E-state index in [0.29, 0.717) is 5.56 Å². The number of nitrogens with two attached hydrogens (primary N) is 1. The topological polar surface area (TPSA) is 55.9 Å². The molecule has 0 saturated carbocycles. The van der Waals surface area contributed by atoms with Gasteiger partial charge in [-0.1, -0.05) is 23.7 Å². The maximum Gasteiger partial charge on any atom is 0.142 e. The number of halogens is 2. The van der Waals surface area contributed by atoms with Crippen molar-refractivity contribution in [1.29, 1.82) is 0 Å². The maximum atomic E-state index is 13.6. The molecular weight excluding hydrogens is 267 g/mol. The molecular formula is C13H16ClFN4. The van der Waals surface area contributed by atoms with Gasteiger partial charge in [0, 0.05) is 12.2 Å². The molecule has 0 amide bonds. The molecule has 1 aromatic carbocycles. The lowest BCUT2D eigenvalue weighted by Gasteiger charge is -2.21. The predicted molar refractivity (Wildman–Crippen MR) is 73.2 cm³/mol. The minimum absolute atomic E-state index is 0.0713. The van der Waals surface area contributed by atoms with Crippen LogP contribution in [0.1, 0.15) is 37.2 Å². The Bertz CT molecular complexity index is 568. The molecule has 3 N–H and O–H groups in total. The van der Waals surface area contributed by atoms with Gasteiger partial charge in [-0.25, -0.2) is 9.82 Å². The first-order valence-electron chi connectivity index (χ1n) is 5.99. The second-order valence-electron chi connectivity index (χ2n) is 4.54. The van der Waals surface area contributed by atoms with Crippen molar-refractivity contribution >= 4 is 11.6 Å². The van der Waals surface area contributed by atoms with E-state index in [4.69, 9.17) is 17.4 Å². The standard InChI is InChI=1S/C13H16ClFN4/c1-8(2)19-11(6-7-17-19)13(18-16)9-4-3-5-10(15)12(9)14/h3-8,13,18H,16H2,1-2H3. The molecule has 1 unspecified atom stereocenters. The minimum atomic E-state index is -0.463. The summed E-state index contributed by atoms with van der Waals surface area (Å²) < 4.78 is 15.4. The summed E-state index contributed by atoms with van der Waals surface area (Å²) in [4.78, 5) is 0. The van der Waals surface area contributed by atoms with Crippen LogP contribution in [0, 0.1) is 5.82 Å². The summed E-state index contributed by atoms with van der Waals surface area (Å²) in [6.07, 6.45) is 1.69. The third-order valence-corrected chi connectivity index (χ3v) is 3.34. The monoisotopic (exact) mass is 282 g/mol. The number of nitrogens with zero attached hydrogens (tertiary/aromatic N) is 2. The van der Waals surface area contributed by atoms with Crippen molar-refractivity contribution in [2.45, 2.75) is 25.9 Å². The van der Waals surface area contributed by atoms with Gasteiger partial charge in [0.15, 0.2) is 0 Å². The molecule has 1 aromatic heterocycles. The van der Waals surface area contributed by atoms with E-state index in [1.165, 1.54) is 6.07 Å². The fourth-order valence-corrected chi connectivity index (χ4v) is 2.30. The van der Waals surface area contributed by atoms with Crippen molar-refractivity contribution < 1.29 is 4.39 Å². The number of nitrogens with one attached hydrogen (secondary N) is 1. The first kappa shape index (κ1) is 14.0. The predicted octanol–water partition coefficient (Wildman–Crippen LogP) is 2.81. The summed E-state index contributed by atoms with van der Waals surface area (Å²) in [7, 11) is 0. The van der Waals surface area contributed by atoms with Gasteiger partial charge in [0.1, 0.15) is 5.82 Å². The Morgan fingerprint density at radius 2 is 2.11 bits per heavy atom. The fraction of sp³-hybridized carbons (Fsp3) is 0.308. The largest absolute Gasteiger partial charge is 0.271 e. The van der Waals surface area contributed by atoms with Crippen LogP contribution in [-0.2, 0) is 0 Å². The molecule has 0 bridgehead atoms. The molecule has 2 rings (SSSR count). The second kappa shape index (κ2) is 5.69. The van der Waals surface area contributed by atoms with Gasteiger partial charge in [0.25, 0.3) is 0 Å². The quantitative estimate of drug-likeness (QED) is 0.670. The lowest BCUT2D eigenvalue weighted by molar-refractivity contribution is 0.475. The van der Waals surface area contributed by atoms with Crippen LogP contribution in [0.15, 0.2) is 30.5 Å². The maximum absolute atomic E-state index is 13.6. The summed E-state index contributed by atoms with van der Waals surface area (Å²) in [6, 6.07) is 6.27. The smallest absolute Gasteiger partial charge is 0.142 e. The van der Waals surface area contributed by atoms with E-state index >= 15 is 0 Å². The Balaban J connectivity index is 2.50. The van der Waals surface area contributed by atoms with Gasteiger partial charge in [0.2, 0.25) is 0 Å². The summed E-state index contributed by atoms with van der Waals surface area (Å²) >= 11 is 6.02. The summed E-state index contributed by atoms with van der Waals surface area (Å²) in [6.45, 7) is 4.02. The molecule has 0 aliphatic heterocycles. The van der Waals surface area contributed by atoms with E-state index in [9.17, 15) is 4.39 Å². The fourth-order valence-electron chi connectivity index (χ4n) is 2.06. The molecule has 0 saturated heterocycles. The summed E-state index contributed by atoms with van der Waals surface area (Å²) in [5.74, 6) is 5.15. The van der Waals surface area contributed by atoms with Gasteiger partial charge in [-0.3, -0.25) is 10.5 Å². The van der Waals surface area contributed by atoms with Crippen LogP contribution in [0.2, 0.25) is 5.02 Å². The average Bonchev–Trinajstić information content (AvgIpc) is 2.85. The Labute approximate surface area is 116 Å². The molecule has 0 spiro atoms. The molecule has 1 atom stereocenters. The third kappa shape index (κ3) is 2.63. The zero-order chi connectivity index (χ0) is 14.0. The van der Waals surface area contributed by atoms with Crippen LogP contribution in [0.5, 0.6) is 0 Å². The molecule has 2 aromatic rings. The molecule has 1 heterocycles. The number of aromatic nitrogens is 2. The zero-order valence-corrected chi connectivity index (χ0v) is 11.5. The number of benzene rings is 1. The number of hydrogen-bond acceptors (Lipinski definition) is 3. The van der Waals surface area contributed by atoms with Crippen LogP contribution in [0.4, 0.5) is 4.39 Å². The van der Waals surface area contributed by atoms with Crippen molar-refractivity contribution in [2.24, 2.45) is 5.84 Å². The second-order valence-corrected chi connectivity index (χ2v) is 4.92. The van der Waals surface area contributed by atoms with E-state index in [1.54, 1.807) is 18.3 Å². The van der Waals surface area contributed by atoms with Crippen molar-refractivity contribution in [3.05, 3.63) is 52.6 Å². The number of hydrazine groups is 1. The van der Waals surface area contributed by atoms with Gasteiger partial charge >= 0.3 is 0 Å². The van der Waals surface area contributed by atoms with E-state index < -0.39 is 11.9 Å². The lowest BCUT2D eigenvalue weighted by Crippen LogP contribution is -2.31. The van der Waals surface area contributed by atoms with Crippen molar-refractivity contribution in [3.8, 4) is 0 Å². The molecule has 6 heteroatoms. The molecule has 102 valence electrons. The van der Waals surface area contributed by atoms with Crippen molar-refractivity contribution in [2.75, 3.05) is 0 Å². The Kier molecular flexibility index (Phi) is 4.19. The SMILES string of the molecule is CC(C)n1nccc1C(NN)c1cccc(F)c1Cl. The van der Waals surface area contributed by atoms with Crippen LogP contribution in [0.25, 0.3) is 0 Å². The van der Waals surface area contributed by atoms with Crippen LogP contribution >= 0.6 is 11.6 Å². The number of rotatable bonds is 4. The number of hydrogen-bond donors (Lipinski definition) is 2. The zero-order valence-electron chi connectivity index (χ0n) is 10.8. The lowest BCUT2D eigenvalue weighted by atomic mass is 10.0. The van der Waals surface area contributed by atoms with E-state index in [2.05, 4.69) is 10.5 Å². The van der Waals surface area contributed by atoms with E-state index in [-0.39, 0.29) is 11.1 Å². The van der Waals surface area contributed by atoms with Crippen LogP contribution < -0.4 is 11.3 Å². The van der Waals surface area contributed by atoms with Crippen molar-refractivity contribution in [3.63, 3.8) is 0 Å². The Morgan fingerprint density at radius 3 is 2.74 bits per heavy atom. The van der Waals surface area contributed by atoms with E-state index in [1.807, 2.05) is 24.6 Å². The first-order valence-corrected chi connectivity index (χ1v) is 6.37. The summed E-state index contributed by atoms with van der Waals surface area (Å²) in [5, 5.41) is 4.32. The molecule has 0 aliphatic carbocycles. The van der Waals surface area contributed by atoms with Crippen LogP contribution in [-0.4, -0.2) is 9.78 Å². The first-order chi connectivity index (χ1) is 9.06. The van der Waals surface area contributed by atoms with E-state index in [0.717, 1.165) is 5.69 Å². The highest BCUT2D eigenvalue weighted by Crippen LogP contribution is 2.30. The molecule has 0 aliphatic rings. The average molecular weight is 283 g/mol. The Morgan fingerprint density at radius 1 is 1.37 bits per heavy atom. The third-order valence-electron chi connectivity index (χ3n) is 2.94. The molecule has 0 radical (unpaired) electrons.